The second-order valence-corrected chi connectivity index (χ2v) is 6.95. The van der Waals surface area contributed by atoms with Gasteiger partial charge in [0.05, 0.1) is 24.9 Å². The summed E-state index contributed by atoms with van der Waals surface area (Å²) in [5.41, 5.74) is 0.718. The molecule has 1 saturated carbocycles. The number of hydrogen-bond donors (Lipinski definition) is 0. The SMILES string of the molecule is O=C(c1ccncc1)N1CC[C@@H]2OC(COCC3CC3)CC[C@@H]21. The lowest BCUT2D eigenvalue weighted by molar-refractivity contribution is -0.0973. The van der Waals surface area contributed by atoms with Crippen LogP contribution in [0.5, 0.6) is 0 Å². The van der Waals surface area contributed by atoms with Gasteiger partial charge < -0.3 is 14.4 Å². The van der Waals surface area contributed by atoms with Crippen LogP contribution < -0.4 is 0 Å². The van der Waals surface area contributed by atoms with Gasteiger partial charge in [0.15, 0.2) is 0 Å². The highest BCUT2D eigenvalue weighted by Crippen LogP contribution is 2.33. The van der Waals surface area contributed by atoms with Gasteiger partial charge in [-0.05, 0) is 50.2 Å². The van der Waals surface area contributed by atoms with Crippen molar-refractivity contribution in [3.05, 3.63) is 30.1 Å². The number of hydrogen-bond acceptors (Lipinski definition) is 4. The van der Waals surface area contributed by atoms with Crippen LogP contribution in [0.1, 0.15) is 42.5 Å². The fraction of sp³-hybridized carbons (Fsp3) is 0.667. The first-order chi connectivity index (χ1) is 11.3. The number of rotatable bonds is 5. The maximum atomic E-state index is 12.7. The quantitative estimate of drug-likeness (QED) is 0.836. The summed E-state index contributed by atoms with van der Waals surface area (Å²) in [7, 11) is 0. The monoisotopic (exact) mass is 316 g/mol. The highest BCUT2D eigenvalue weighted by molar-refractivity contribution is 5.94. The molecule has 3 heterocycles. The average molecular weight is 316 g/mol. The summed E-state index contributed by atoms with van der Waals surface area (Å²) >= 11 is 0. The van der Waals surface area contributed by atoms with Crippen molar-refractivity contribution in [2.45, 2.75) is 50.4 Å². The van der Waals surface area contributed by atoms with Crippen LogP contribution in [0.25, 0.3) is 0 Å². The molecule has 0 N–H and O–H groups in total. The first-order valence-electron chi connectivity index (χ1n) is 8.75. The third-order valence-electron chi connectivity index (χ3n) is 5.18. The molecule has 2 aliphatic heterocycles. The number of amides is 1. The van der Waals surface area contributed by atoms with E-state index in [1.165, 1.54) is 12.8 Å². The zero-order valence-electron chi connectivity index (χ0n) is 13.4. The van der Waals surface area contributed by atoms with Crippen molar-refractivity contribution in [1.29, 1.82) is 0 Å². The lowest BCUT2D eigenvalue weighted by Gasteiger charge is -2.36. The third-order valence-corrected chi connectivity index (χ3v) is 5.18. The van der Waals surface area contributed by atoms with E-state index < -0.39 is 0 Å². The second-order valence-electron chi connectivity index (χ2n) is 6.95. The van der Waals surface area contributed by atoms with E-state index in [0.717, 1.165) is 43.9 Å². The standard InChI is InChI=1S/C18H24N2O3/c21-18(14-5-8-19-9-6-14)20-10-7-17-16(20)4-3-15(23-17)12-22-11-13-1-2-13/h5-6,8-9,13,15-17H,1-4,7,10-12H2/t15?,16-,17-/m0/s1. The number of carbonyl (C=O) groups is 1. The molecule has 3 aliphatic rings. The fourth-order valence-corrected chi connectivity index (χ4v) is 3.68. The van der Waals surface area contributed by atoms with Crippen molar-refractivity contribution in [2.75, 3.05) is 19.8 Å². The highest BCUT2D eigenvalue weighted by atomic mass is 16.5. The smallest absolute Gasteiger partial charge is 0.254 e. The Morgan fingerprint density at radius 2 is 2.00 bits per heavy atom. The summed E-state index contributed by atoms with van der Waals surface area (Å²) in [6.45, 7) is 2.38. The maximum absolute atomic E-state index is 12.7. The molecule has 0 bridgehead atoms. The summed E-state index contributed by atoms with van der Waals surface area (Å²) < 4.78 is 12.0. The van der Waals surface area contributed by atoms with Crippen LogP contribution in [-0.2, 0) is 9.47 Å². The summed E-state index contributed by atoms with van der Waals surface area (Å²) in [5.74, 6) is 0.901. The Morgan fingerprint density at radius 3 is 2.78 bits per heavy atom. The molecule has 1 unspecified atom stereocenters. The third kappa shape index (κ3) is 3.40. The molecule has 1 aromatic heterocycles. The lowest BCUT2D eigenvalue weighted by Crippen LogP contribution is -2.46. The normalized spacial score (nSPS) is 30.3. The van der Waals surface area contributed by atoms with Gasteiger partial charge in [0.1, 0.15) is 0 Å². The molecule has 0 aromatic carbocycles. The zero-order valence-corrected chi connectivity index (χ0v) is 13.4. The molecule has 1 aromatic rings. The molecule has 3 atom stereocenters. The van der Waals surface area contributed by atoms with E-state index in [1.54, 1.807) is 24.5 Å². The van der Waals surface area contributed by atoms with Gasteiger partial charge in [-0.25, -0.2) is 0 Å². The van der Waals surface area contributed by atoms with Crippen molar-refractivity contribution < 1.29 is 14.3 Å². The molecule has 0 spiro atoms. The minimum Gasteiger partial charge on any atom is -0.378 e. The summed E-state index contributed by atoms with van der Waals surface area (Å²) in [4.78, 5) is 18.6. The molecule has 23 heavy (non-hydrogen) atoms. The number of ether oxygens (including phenoxy) is 2. The summed E-state index contributed by atoms with van der Waals surface area (Å²) in [6, 6.07) is 3.79. The van der Waals surface area contributed by atoms with Gasteiger partial charge in [-0.1, -0.05) is 0 Å². The van der Waals surface area contributed by atoms with Crippen molar-refractivity contribution in [3.63, 3.8) is 0 Å². The molecule has 1 amide bonds. The fourth-order valence-electron chi connectivity index (χ4n) is 3.68. The van der Waals surface area contributed by atoms with Gasteiger partial charge in [0.25, 0.3) is 5.91 Å². The summed E-state index contributed by atoms with van der Waals surface area (Å²) in [6.07, 6.45) is 9.28. The van der Waals surface area contributed by atoms with E-state index in [2.05, 4.69) is 4.98 Å². The Kier molecular flexibility index (Phi) is 4.31. The number of carbonyl (C=O) groups excluding carboxylic acids is 1. The van der Waals surface area contributed by atoms with E-state index in [1.807, 2.05) is 4.90 Å². The highest BCUT2D eigenvalue weighted by Gasteiger charge is 2.42. The summed E-state index contributed by atoms with van der Waals surface area (Å²) in [5, 5.41) is 0. The van der Waals surface area contributed by atoms with Crippen LogP contribution in [0.2, 0.25) is 0 Å². The van der Waals surface area contributed by atoms with E-state index >= 15 is 0 Å². The second kappa shape index (κ2) is 6.57. The number of pyridine rings is 1. The number of nitrogens with zero attached hydrogens (tertiary/aromatic N) is 2. The number of likely N-dealkylation sites (tertiary alicyclic amines) is 1. The topological polar surface area (TPSA) is 51.7 Å². The minimum absolute atomic E-state index is 0.104. The van der Waals surface area contributed by atoms with Gasteiger partial charge in [-0.3, -0.25) is 9.78 Å². The van der Waals surface area contributed by atoms with Crippen molar-refractivity contribution >= 4 is 5.91 Å². The van der Waals surface area contributed by atoms with E-state index in [4.69, 9.17) is 9.47 Å². The molecule has 4 rings (SSSR count). The molecule has 5 nitrogen and oxygen atoms in total. The van der Waals surface area contributed by atoms with Crippen LogP contribution in [-0.4, -0.2) is 53.8 Å². The molecular weight excluding hydrogens is 292 g/mol. The van der Waals surface area contributed by atoms with Crippen LogP contribution in [0.3, 0.4) is 0 Å². The molecule has 2 saturated heterocycles. The van der Waals surface area contributed by atoms with Gasteiger partial charge in [0, 0.05) is 31.1 Å². The van der Waals surface area contributed by atoms with E-state index in [0.29, 0.717) is 6.61 Å². The Morgan fingerprint density at radius 1 is 1.17 bits per heavy atom. The number of aromatic nitrogens is 1. The molecule has 0 radical (unpaired) electrons. The van der Waals surface area contributed by atoms with Crippen LogP contribution >= 0.6 is 0 Å². The van der Waals surface area contributed by atoms with Gasteiger partial charge in [-0.2, -0.15) is 0 Å². The van der Waals surface area contributed by atoms with E-state index in [-0.39, 0.29) is 24.2 Å². The van der Waals surface area contributed by atoms with Crippen LogP contribution in [0.15, 0.2) is 24.5 Å². The Bertz CT molecular complexity index is 546. The number of fused-ring (bicyclic) bond motifs is 1. The molecule has 5 heteroatoms. The average Bonchev–Trinajstić information content (AvgIpc) is 3.32. The van der Waals surface area contributed by atoms with Gasteiger partial charge in [0.2, 0.25) is 0 Å². The Labute approximate surface area is 137 Å². The van der Waals surface area contributed by atoms with Crippen LogP contribution in [0, 0.1) is 5.92 Å². The van der Waals surface area contributed by atoms with Gasteiger partial charge >= 0.3 is 0 Å². The first kappa shape index (κ1) is 15.1. The van der Waals surface area contributed by atoms with Crippen molar-refractivity contribution in [2.24, 2.45) is 5.92 Å². The Hall–Kier alpha value is -1.46. The molecule has 124 valence electrons. The zero-order chi connectivity index (χ0) is 15.6. The lowest BCUT2D eigenvalue weighted by atomic mass is 9.99. The first-order valence-corrected chi connectivity index (χ1v) is 8.75. The molecular formula is C18H24N2O3. The largest absolute Gasteiger partial charge is 0.378 e. The van der Waals surface area contributed by atoms with Gasteiger partial charge in [-0.15, -0.1) is 0 Å². The molecule has 1 aliphatic carbocycles. The van der Waals surface area contributed by atoms with Crippen molar-refractivity contribution in [3.8, 4) is 0 Å². The van der Waals surface area contributed by atoms with Crippen molar-refractivity contribution in [1.82, 2.24) is 9.88 Å². The van der Waals surface area contributed by atoms with E-state index in [9.17, 15) is 4.79 Å². The minimum atomic E-state index is 0.104. The van der Waals surface area contributed by atoms with Crippen LogP contribution in [0.4, 0.5) is 0 Å². The Balaban J connectivity index is 1.31. The molecule has 3 fully saturated rings. The predicted octanol–water partition coefficient (Wildman–Crippen LogP) is 2.27. The maximum Gasteiger partial charge on any atom is 0.254 e. The predicted molar refractivity (Wildman–Crippen MR) is 85.1 cm³/mol.